The molecule has 0 rings (SSSR count). The van der Waals surface area contributed by atoms with Gasteiger partial charge in [-0.25, -0.2) is 0 Å². The minimum atomic E-state index is 0. The standard InChI is InChI=1S/2Bi.3BrH/h;;3*1H/q;+3;;;/p-3. The molecule has 0 aliphatic carbocycles. The van der Waals surface area contributed by atoms with E-state index in [0.29, 0.717) is 0 Å². The van der Waals surface area contributed by atoms with Crippen molar-refractivity contribution >= 4 is 52.4 Å². The quantitative estimate of drug-likeness (QED) is 0.228. The number of hydrogen-bond donors (Lipinski definition) is 0. The van der Waals surface area contributed by atoms with E-state index in [-0.39, 0.29) is 103 Å². The Kier molecular flexibility index (Phi) is 224. The molecular formula is Bi2Br3. The van der Waals surface area contributed by atoms with Crippen LogP contribution in [0.25, 0.3) is 0 Å². The normalized spacial score (nSPS) is 0. The predicted molar refractivity (Wildman–Crippen MR) is 11.5 cm³/mol. The second-order valence-corrected chi connectivity index (χ2v) is 0. The molecule has 0 aromatic carbocycles. The van der Waals surface area contributed by atoms with Crippen LogP contribution >= 0.6 is 0 Å². The summed E-state index contributed by atoms with van der Waals surface area (Å²) in [7, 11) is 0. The molecule has 0 N–H and O–H groups in total. The molecule has 0 aromatic rings. The molecule has 31 valence electrons. The van der Waals surface area contributed by atoms with E-state index >= 15 is 0 Å². The SMILES string of the molecule is [Bi+3].[Bi].[Br-].[Br-].[Br-]. The molecule has 0 unspecified atom stereocenters. The van der Waals surface area contributed by atoms with E-state index in [1.807, 2.05) is 0 Å². The predicted octanol–water partition coefficient (Wildman–Crippen LogP) is -9.75. The zero-order chi connectivity index (χ0) is 0. The van der Waals surface area contributed by atoms with Crippen molar-refractivity contribution in [1.82, 2.24) is 0 Å². The van der Waals surface area contributed by atoms with Gasteiger partial charge in [0, 0.05) is 26.2 Å². The summed E-state index contributed by atoms with van der Waals surface area (Å²) in [5, 5.41) is 0. The van der Waals surface area contributed by atoms with Crippen LogP contribution in [0.4, 0.5) is 0 Å². The molecule has 0 bridgehead atoms. The van der Waals surface area contributed by atoms with Crippen molar-refractivity contribution in [2.24, 2.45) is 0 Å². The van der Waals surface area contributed by atoms with Crippen LogP contribution in [0, 0.1) is 0 Å². The van der Waals surface area contributed by atoms with Crippen molar-refractivity contribution in [3.63, 3.8) is 0 Å². The van der Waals surface area contributed by atoms with E-state index in [0.717, 1.165) is 0 Å². The third-order valence-corrected chi connectivity index (χ3v) is 0. The van der Waals surface area contributed by atoms with Gasteiger partial charge in [-0.2, -0.15) is 0 Å². The molecule has 5 radical (unpaired) electrons. The first-order valence-corrected chi connectivity index (χ1v) is 0. The summed E-state index contributed by atoms with van der Waals surface area (Å²) in [5.41, 5.74) is 0. The maximum atomic E-state index is 0. The molecule has 0 atom stereocenters. The molecule has 0 aliphatic heterocycles. The van der Waals surface area contributed by atoms with Crippen molar-refractivity contribution < 1.29 is 50.9 Å². The first-order valence-electron chi connectivity index (χ1n) is 0. The summed E-state index contributed by atoms with van der Waals surface area (Å²) in [6, 6.07) is 0. The number of halogens is 3. The van der Waals surface area contributed by atoms with Crippen LogP contribution in [0.1, 0.15) is 0 Å². The summed E-state index contributed by atoms with van der Waals surface area (Å²) in [5.74, 6) is 0. The maximum Gasteiger partial charge on any atom is 3.00 e. The molecule has 0 saturated heterocycles. The van der Waals surface area contributed by atoms with Gasteiger partial charge < -0.3 is 50.9 Å². The van der Waals surface area contributed by atoms with E-state index in [1.165, 1.54) is 0 Å². The number of rotatable bonds is 0. The molecule has 0 nitrogen and oxygen atoms in total. The maximum absolute atomic E-state index is 0. The van der Waals surface area contributed by atoms with Crippen LogP contribution in [0.5, 0.6) is 0 Å². The Morgan fingerprint density at radius 3 is 0.600 bits per heavy atom. The van der Waals surface area contributed by atoms with E-state index in [4.69, 9.17) is 0 Å². The largest absolute Gasteiger partial charge is 3.00 e. The summed E-state index contributed by atoms with van der Waals surface area (Å²) in [4.78, 5) is 0. The van der Waals surface area contributed by atoms with E-state index in [2.05, 4.69) is 0 Å². The van der Waals surface area contributed by atoms with E-state index in [9.17, 15) is 0 Å². The Morgan fingerprint density at radius 2 is 0.600 bits per heavy atom. The molecule has 0 aliphatic rings. The Hall–Kier alpha value is 3.21. The average molecular weight is 658 g/mol. The van der Waals surface area contributed by atoms with Gasteiger partial charge in [0.2, 0.25) is 0 Å². The van der Waals surface area contributed by atoms with Gasteiger partial charge in [-0.05, 0) is 0 Å². The van der Waals surface area contributed by atoms with E-state index < -0.39 is 0 Å². The van der Waals surface area contributed by atoms with Gasteiger partial charge in [-0.15, -0.1) is 0 Å². The summed E-state index contributed by atoms with van der Waals surface area (Å²) < 4.78 is 0. The Labute approximate surface area is 101 Å². The van der Waals surface area contributed by atoms with Gasteiger partial charge in [-0.1, -0.05) is 0 Å². The van der Waals surface area contributed by atoms with Crippen molar-refractivity contribution in [1.29, 1.82) is 0 Å². The van der Waals surface area contributed by atoms with Gasteiger partial charge in [0.05, 0.1) is 0 Å². The van der Waals surface area contributed by atoms with Crippen molar-refractivity contribution in [3.05, 3.63) is 0 Å². The van der Waals surface area contributed by atoms with Gasteiger partial charge in [0.25, 0.3) is 0 Å². The molecule has 0 amide bonds. The molecule has 0 spiro atoms. The van der Waals surface area contributed by atoms with Crippen molar-refractivity contribution in [3.8, 4) is 0 Å². The molecule has 5 heavy (non-hydrogen) atoms. The van der Waals surface area contributed by atoms with Crippen LogP contribution in [0.2, 0.25) is 0 Å². The molecule has 0 saturated carbocycles. The summed E-state index contributed by atoms with van der Waals surface area (Å²) in [6.45, 7) is 0. The first-order chi connectivity index (χ1) is 0. The molecule has 0 fully saturated rings. The Bertz CT molecular complexity index is 4.85. The minimum absolute atomic E-state index is 0. The second-order valence-electron chi connectivity index (χ2n) is 0. The zero-order valence-corrected chi connectivity index (χ0v) is 13.7. The third kappa shape index (κ3) is 19.0. The fourth-order valence-corrected chi connectivity index (χ4v) is 0. The molecule has 0 aromatic heterocycles. The van der Waals surface area contributed by atoms with Crippen LogP contribution in [-0.4, -0.2) is 52.4 Å². The van der Waals surface area contributed by atoms with Crippen LogP contribution in [0.15, 0.2) is 0 Å². The van der Waals surface area contributed by atoms with Crippen LogP contribution in [0.3, 0.4) is 0 Å². The minimum Gasteiger partial charge on any atom is -1.00 e. The van der Waals surface area contributed by atoms with Gasteiger partial charge in [0.1, 0.15) is 0 Å². The smallest absolute Gasteiger partial charge is 1.00 e. The van der Waals surface area contributed by atoms with E-state index in [1.54, 1.807) is 0 Å². The molecular weight excluding hydrogens is 658 g/mol. The second kappa shape index (κ2) is 27.0. The van der Waals surface area contributed by atoms with Crippen LogP contribution in [-0.2, 0) is 0 Å². The zero-order valence-electron chi connectivity index (χ0n) is 2.03. The number of hydrogen-bond acceptors (Lipinski definition) is 0. The third-order valence-electron chi connectivity index (χ3n) is 0. The summed E-state index contributed by atoms with van der Waals surface area (Å²) in [6.07, 6.45) is 0. The van der Waals surface area contributed by atoms with Gasteiger partial charge in [0.15, 0.2) is 0 Å². The Balaban J connectivity index is 0. The Morgan fingerprint density at radius 1 is 0.600 bits per heavy atom. The molecule has 0 heterocycles. The van der Waals surface area contributed by atoms with Crippen LogP contribution < -0.4 is 50.9 Å². The topological polar surface area (TPSA) is 0 Å². The van der Waals surface area contributed by atoms with Crippen molar-refractivity contribution in [2.75, 3.05) is 0 Å². The average Bonchev–Trinajstić information content (AvgIpc) is 0. The molecule has 5 heteroatoms. The van der Waals surface area contributed by atoms with Gasteiger partial charge >= 0.3 is 26.2 Å². The van der Waals surface area contributed by atoms with Crippen molar-refractivity contribution in [2.45, 2.75) is 0 Å². The fraction of sp³-hybridized carbons (Fsp3) is 0. The fourth-order valence-electron chi connectivity index (χ4n) is 0. The van der Waals surface area contributed by atoms with Gasteiger partial charge in [-0.3, -0.25) is 0 Å². The summed E-state index contributed by atoms with van der Waals surface area (Å²) >= 11 is 0. The first kappa shape index (κ1) is 41.5. The monoisotopic (exact) mass is 655 g/mol.